The molecule has 1 aromatic carbocycles. The number of anilines is 2. The first-order valence-corrected chi connectivity index (χ1v) is 10.4. The van der Waals surface area contributed by atoms with Crippen molar-refractivity contribution in [2.45, 2.75) is 31.8 Å². The highest BCUT2D eigenvalue weighted by Crippen LogP contribution is 2.32. The number of nitrogens with zero attached hydrogens (tertiary/aromatic N) is 3. The number of amides is 2. The second kappa shape index (κ2) is 10.8. The molecule has 2 N–H and O–H groups in total. The summed E-state index contributed by atoms with van der Waals surface area (Å²) in [5.41, 5.74) is 4.93. The summed E-state index contributed by atoms with van der Waals surface area (Å²) in [6, 6.07) is 1.94. The third kappa shape index (κ3) is 5.90. The van der Waals surface area contributed by atoms with Crippen LogP contribution in [-0.2, 0) is 19.2 Å². The molecular formula is C20H24F4N4O5. The molecule has 2 amide bonds. The van der Waals surface area contributed by atoms with E-state index in [1.54, 1.807) is 0 Å². The Bertz CT molecular complexity index is 880. The maximum absolute atomic E-state index is 14.9. The van der Waals surface area contributed by atoms with Crippen LogP contribution in [-0.4, -0.2) is 74.7 Å². The number of hydrogen-bond donors (Lipinski definition) is 1. The fraction of sp³-hybridized carbons (Fsp3) is 0.550. The zero-order valence-electron chi connectivity index (χ0n) is 17.6. The number of carbonyl (C=O) groups is 3. The summed E-state index contributed by atoms with van der Waals surface area (Å²) in [5, 5.41) is 1.12. The Morgan fingerprint density at radius 2 is 1.82 bits per heavy atom. The molecule has 0 unspecified atom stereocenters. The monoisotopic (exact) mass is 476 g/mol. The third-order valence-corrected chi connectivity index (χ3v) is 5.28. The lowest BCUT2D eigenvalue weighted by Crippen LogP contribution is -2.35. The standard InChI is InChI=1S/C20H24F4N4O5/c21-14-9-12(27-11-13(33-20(27)31)1-2-16(29)19(23)24)10-15(22)18(14)26-5-6-28(32-8-7-26)17(30)3-4-25/h9-10,13,19H,1-8,11,25H2/t13-/m0/s1. The molecule has 2 fully saturated rings. The molecule has 2 aliphatic rings. The van der Waals surface area contributed by atoms with Crippen molar-refractivity contribution in [2.24, 2.45) is 5.73 Å². The molecule has 182 valence electrons. The van der Waals surface area contributed by atoms with Crippen LogP contribution in [0.2, 0.25) is 0 Å². The summed E-state index contributed by atoms with van der Waals surface area (Å²) >= 11 is 0. The molecule has 3 rings (SSSR count). The van der Waals surface area contributed by atoms with E-state index in [1.165, 1.54) is 4.90 Å². The minimum absolute atomic E-state index is 0.0222. The largest absolute Gasteiger partial charge is 0.444 e. The van der Waals surface area contributed by atoms with Gasteiger partial charge in [0.05, 0.1) is 25.4 Å². The molecule has 0 bridgehead atoms. The topological polar surface area (TPSA) is 105 Å². The summed E-state index contributed by atoms with van der Waals surface area (Å²) in [6.07, 6.45) is -5.38. The minimum atomic E-state index is -3.11. The van der Waals surface area contributed by atoms with Crippen molar-refractivity contribution in [1.29, 1.82) is 0 Å². The molecule has 0 aliphatic carbocycles. The molecule has 0 saturated carbocycles. The number of hydroxylamine groups is 2. The highest BCUT2D eigenvalue weighted by atomic mass is 19.3. The average Bonchev–Trinajstić information content (AvgIpc) is 2.96. The van der Waals surface area contributed by atoms with E-state index in [0.717, 1.165) is 22.1 Å². The Labute approximate surface area is 186 Å². The van der Waals surface area contributed by atoms with Gasteiger partial charge < -0.3 is 15.4 Å². The molecule has 1 atom stereocenters. The summed E-state index contributed by atoms with van der Waals surface area (Å²) in [5.74, 6) is -3.46. The summed E-state index contributed by atoms with van der Waals surface area (Å²) in [6.45, 7) is 0.339. The van der Waals surface area contributed by atoms with Gasteiger partial charge in [-0.1, -0.05) is 0 Å². The minimum Gasteiger partial charge on any atom is -0.444 e. The van der Waals surface area contributed by atoms with Crippen molar-refractivity contribution in [2.75, 3.05) is 49.1 Å². The first-order chi connectivity index (χ1) is 15.7. The van der Waals surface area contributed by atoms with Crippen LogP contribution < -0.4 is 15.5 Å². The average molecular weight is 476 g/mol. The molecule has 13 heteroatoms. The number of rotatable bonds is 8. The zero-order valence-corrected chi connectivity index (χ0v) is 17.6. The molecule has 33 heavy (non-hydrogen) atoms. The molecule has 2 aliphatic heterocycles. The number of ether oxygens (including phenoxy) is 1. The second-order valence-electron chi connectivity index (χ2n) is 7.53. The van der Waals surface area contributed by atoms with Crippen molar-refractivity contribution in [3.63, 3.8) is 0 Å². The Hall–Kier alpha value is -2.93. The van der Waals surface area contributed by atoms with Crippen LogP contribution in [0.3, 0.4) is 0 Å². The normalized spacial score (nSPS) is 19.2. The Kier molecular flexibility index (Phi) is 8.08. The van der Waals surface area contributed by atoms with Gasteiger partial charge in [-0.15, -0.1) is 0 Å². The number of halogens is 4. The van der Waals surface area contributed by atoms with E-state index in [9.17, 15) is 31.9 Å². The molecule has 9 nitrogen and oxygen atoms in total. The van der Waals surface area contributed by atoms with Gasteiger partial charge >= 0.3 is 6.09 Å². The number of alkyl halides is 2. The van der Waals surface area contributed by atoms with Crippen molar-refractivity contribution >= 4 is 29.2 Å². The molecule has 2 heterocycles. The molecule has 0 spiro atoms. The Morgan fingerprint density at radius 1 is 1.12 bits per heavy atom. The highest BCUT2D eigenvalue weighted by Gasteiger charge is 2.34. The molecular weight excluding hydrogens is 452 g/mol. The number of carbonyl (C=O) groups excluding carboxylic acids is 3. The van der Waals surface area contributed by atoms with Crippen molar-refractivity contribution in [1.82, 2.24) is 5.06 Å². The van der Waals surface area contributed by atoms with Gasteiger partial charge in [-0.2, -0.15) is 0 Å². The highest BCUT2D eigenvalue weighted by molar-refractivity contribution is 5.90. The molecule has 0 aromatic heterocycles. The first kappa shape index (κ1) is 24.7. The van der Waals surface area contributed by atoms with Crippen molar-refractivity contribution in [3.8, 4) is 0 Å². The first-order valence-electron chi connectivity index (χ1n) is 10.4. The number of benzene rings is 1. The van der Waals surface area contributed by atoms with Gasteiger partial charge in [0, 0.05) is 44.6 Å². The Balaban J connectivity index is 1.68. The van der Waals surface area contributed by atoms with Crippen LogP contribution in [0, 0.1) is 11.6 Å². The van der Waals surface area contributed by atoms with Crippen LogP contribution in [0.5, 0.6) is 0 Å². The van der Waals surface area contributed by atoms with E-state index in [1.807, 2.05) is 0 Å². The maximum Gasteiger partial charge on any atom is 0.414 e. The number of nitrogens with two attached hydrogens (primary N) is 1. The maximum atomic E-state index is 14.9. The van der Waals surface area contributed by atoms with Gasteiger partial charge in [-0.05, 0) is 6.42 Å². The summed E-state index contributed by atoms with van der Waals surface area (Å²) in [7, 11) is 0. The number of cyclic esters (lactones) is 1. The second-order valence-corrected chi connectivity index (χ2v) is 7.53. The van der Waals surface area contributed by atoms with Gasteiger partial charge in [0.25, 0.3) is 6.43 Å². The van der Waals surface area contributed by atoms with Gasteiger partial charge in [0.2, 0.25) is 5.91 Å². The fourth-order valence-electron chi connectivity index (χ4n) is 3.62. The zero-order chi connectivity index (χ0) is 24.1. The molecule has 0 radical (unpaired) electrons. The van der Waals surface area contributed by atoms with Crippen LogP contribution >= 0.6 is 0 Å². The fourth-order valence-corrected chi connectivity index (χ4v) is 3.62. The van der Waals surface area contributed by atoms with E-state index < -0.39 is 42.5 Å². The van der Waals surface area contributed by atoms with Gasteiger partial charge in [0.15, 0.2) is 17.4 Å². The number of ketones is 1. The van der Waals surface area contributed by atoms with Gasteiger partial charge in [-0.3, -0.25) is 19.3 Å². The quantitative estimate of drug-likeness (QED) is 0.571. The lowest BCUT2D eigenvalue weighted by atomic mass is 10.1. The third-order valence-electron chi connectivity index (χ3n) is 5.28. The van der Waals surface area contributed by atoms with E-state index in [0.29, 0.717) is 0 Å². The van der Waals surface area contributed by atoms with Crippen molar-refractivity contribution in [3.05, 3.63) is 23.8 Å². The lowest BCUT2D eigenvalue weighted by Gasteiger charge is -2.24. The predicted octanol–water partition coefficient (Wildman–Crippen LogP) is 1.83. The van der Waals surface area contributed by atoms with Crippen LogP contribution in [0.25, 0.3) is 0 Å². The van der Waals surface area contributed by atoms with Crippen LogP contribution in [0.1, 0.15) is 19.3 Å². The van der Waals surface area contributed by atoms with E-state index >= 15 is 0 Å². The van der Waals surface area contributed by atoms with Crippen molar-refractivity contribution < 1.29 is 41.5 Å². The Morgan fingerprint density at radius 3 is 2.45 bits per heavy atom. The number of hydrogen-bond acceptors (Lipinski definition) is 7. The van der Waals surface area contributed by atoms with E-state index in [-0.39, 0.29) is 69.5 Å². The SMILES string of the molecule is NCCC(=O)N1CCN(c2c(F)cc(N3C[C@H](CCC(=O)C(F)F)OC3=O)cc2F)CCO1. The van der Waals surface area contributed by atoms with E-state index in [2.05, 4.69) is 0 Å². The molecule has 2 saturated heterocycles. The predicted molar refractivity (Wildman–Crippen MR) is 108 cm³/mol. The number of Topliss-reactive ketones (excluding diaryl/α,β-unsaturated/α-hetero) is 1. The van der Waals surface area contributed by atoms with Crippen LogP contribution in [0.15, 0.2) is 12.1 Å². The van der Waals surface area contributed by atoms with Gasteiger partial charge in [-0.25, -0.2) is 27.4 Å². The van der Waals surface area contributed by atoms with Gasteiger partial charge in [0.1, 0.15) is 11.8 Å². The summed E-state index contributed by atoms with van der Waals surface area (Å²) < 4.78 is 59.5. The van der Waals surface area contributed by atoms with Crippen LogP contribution in [0.4, 0.5) is 33.7 Å². The lowest BCUT2D eigenvalue weighted by molar-refractivity contribution is -0.181. The van der Waals surface area contributed by atoms with E-state index in [4.69, 9.17) is 15.3 Å². The summed E-state index contributed by atoms with van der Waals surface area (Å²) in [4.78, 5) is 42.9. The smallest absolute Gasteiger partial charge is 0.414 e. The molecule has 1 aromatic rings.